The van der Waals surface area contributed by atoms with Gasteiger partial charge in [0, 0.05) is 13.1 Å². The van der Waals surface area contributed by atoms with Crippen LogP contribution in [0.2, 0.25) is 0 Å². The third-order valence-electron chi connectivity index (χ3n) is 2.51. The number of nitrogens with zero attached hydrogens (tertiary/aromatic N) is 1. The van der Waals surface area contributed by atoms with Crippen LogP contribution in [0.5, 0.6) is 5.75 Å². The minimum Gasteiger partial charge on any atom is -0.492 e. The highest BCUT2D eigenvalue weighted by Crippen LogP contribution is 2.27. The maximum atomic E-state index is 10.8. The topological polar surface area (TPSA) is 66.8 Å². The van der Waals surface area contributed by atoms with Crippen LogP contribution in [0.1, 0.15) is 13.8 Å². The Hall–Kier alpha value is -1.27. The molecule has 5 nitrogen and oxygen atoms in total. The lowest BCUT2D eigenvalue weighted by Gasteiger charge is -2.24. The van der Waals surface area contributed by atoms with E-state index in [1.54, 1.807) is 0 Å². The SMILES string of the molecule is CCOc1ccccc1N(CC)CCS(=O)(=O)O. The van der Waals surface area contributed by atoms with Crippen molar-refractivity contribution in [2.75, 3.05) is 30.3 Å². The molecule has 0 saturated carbocycles. The molecule has 1 N–H and O–H groups in total. The summed E-state index contributed by atoms with van der Waals surface area (Å²) < 4.78 is 35.9. The first-order valence-electron chi connectivity index (χ1n) is 5.90. The van der Waals surface area contributed by atoms with Gasteiger partial charge in [0.1, 0.15) is 5.75 Å². The van der Waals surface area contributed by atoms with Crippen LogP contribution in [0.15, 0.2) is 24.3 Å². The van der Waals surface area contributed by atoms with Gasteiger partial charge < -0.3 is 9.64 Å². The summed E-state index contributed by atoms with van der Waals surface area (Å²) in [6.07, 6.45) is 0. The molecule has 0 unspecified atom stereocenters. The Morgan fingerprint density at radius 2 is 1.94 bits per heavy atom. The Kier molecular flexibility index (Phi) is 5.43. The first-order chi connectivity index (χ1) is 8.48. The van der Waals surface area contributed by atoms with Crippen molar-refractivity contribution in [2.45, 2.75) is 13.8 Å². The predicted octanol–water partition coefficient (Wildman–Crippen LogP) is 1.80. The smallest absolute Gasteiger partial charge is 0.266 e. The molecule has 0 aromatic heterocycles. The number of benzene rings is 1. The summed E-state index contributed by atoms with van der Waals surface area (Å²) in [7, 11) is -3.94. The molecule has 0 aliphatic rings. The molecule has 0 atom stereocenters. The summed E-state index contributed by atoms with van der Waals surface area (Å²) in [5.74, 6) is 0.429. The van der Waals surface area contributed by atoms with Crippen LogP contribution in [0.25, 0.3) is 0 Å². The van der Waals surface area contributed by atoms with Gasteiger partial charge in [0.2, 0.25) is 0 Å². The summed E-state index contributed by atoms with van der Waals surface area (Å²) in [4.78, 5) is 1.86. The van der Waals surface area contributed by atoms with Crippen LogP contribution in [0.3, 0.4) is 0 Å². The van der Waals surface area contributed by atoms with Gasteiger partial charge >= 0.3 is 0 Å². The highest BCUT2D eigenvalue weighted by molar-refractivity contribution is 7.85. The van der Waals surface area contributed by atoms with Crippen molar-refractivity contribution < 1.29 is 17.7 Å². The number of ether oxygens (including phenoxy) is 1. The zero-order chi connectivity index (χ0) is 13.6. The molecule has 1 aromatic rings. The monoisotopic (exact) mass is 273 g/mol. The molecule has 1 rings (SSSR count). The fourth-order valence-electron chi connectivity index (χ4n) is 1.67. The Morgan fingerprint density at radius 1 is 1.28 bits per heavy atom. The summed E-state index contributed by atoms with van der Waals surface area (Å²) in [6.45, 7) is 5.24. The number of para-hydroxylation sites is 2. The van der Waals surface area contributed by atoms with Crippen molar-refractivity contribution in [3.05, 3.63) is 24.3 Å². The second kappa shape index (κ2) is 6.61. The van der Waals surface area contributed by atoms with E-state index in [4.69, 9.17) is 9.29 Å². The fraction of sp³-hybridized carbons (Fsp3) is 0.500. The van der Waals surface area contributed by atoms with E-state index < -0.39 is 10.1 Å². The molecular weight excluding hydrogens is 254 g/mol. The molecule has 0 spiro atoms. The van der Waals surface area contributed by atoms with Gasteiger partial charge in [-0.3, -0.25) is 4.55 Å². The van der Waals surface area contributed by atoms with Gasteiger partial charge in [-0.25, -0.2) is 0 Å². The van der Waals surface area contributed by atoms with Crippen molar-refractivity contribution in [1.29, 1.82) is 0 Å². The largest absolute Gasteiger partial charge is 0.492 e. The minimum atomic E-state index is -3.94. The second-order valence-corrected chi connectivity index (χ2v) is 5.34. The molecule has 0 aliphatic heterocycles. The third kappa shape index (κ3) is 4.54. The molecule has 18 heavy (non-hydrogen) atoms. The van der Waals surface area contributed by atoms with Gasteiger partial charge in [0.25, 0.3) is 10.1 Å². The molecule has 0 amide bonds. The van der Waals surface area contributed by atoms with Crippen LogP contribution < -0.4 is 9.64 Å². The van der Waals surface area contributed by atoms with E-state index in [9.17, 15) is 8.42 Å². The van der Waals surface area contributed by atoms with Gasteiger partial charge in [0.05, 0.1) is 18.0 Å². The molecule has 0 heterocycles. The van der Waals surface area contributed by atoms with Crippen molar-refractivity contribution in [3.63, 3.8) is 0 Å². The molecule has 1 aromatic carbocycles. The lowest BCUT2D eigenvalue weighted by molar-refractivity contribution is 0.340. The molecule has 0 radical (unpaired) electrons. The van der Waals surface area contributed by atoms with Crippen molar-refractivity contribution in [1.82, 2.24) is 0 Å². The summed E-state index contributed by atoms with van der Waals surface area (Å²) >= 11 is 0. The van der Waals surface area contributed by atoms with Crippen molar-refractivity contribution in [2.24, 2.45) is 0 Å². The summed E-state index contributed by atoms with van der Waals surface area (Å²) in [5, 5.41) is 0. The highest BCUT2D eigenvalue weighted by atomic mass is 32.2. The standard InChI is InChI=1S/C12H19NO4S/c1-3-13(9-10-18(14,15)16)11-7-5-6-8-12(11)17-4-2/h5-8H,3-4,9-10H2,1-2H3,(H,14,15,16). The van der Waals surface area contributed by atoms with E-state index in [0.717, 1.165) is 11.4 Å². The van der Waals surface area contributed by atoms with Gasteiger partial charge in [-0.15, -0.1) is 0 Å². The molecule has 102 valence electrons. The van der Waals surface area contributed by atoms with Crippen LogP contribution >= 0.6 is 0 Å². The lowest BCUT2D eigenvalue weighted by Crippen LogP contribution is -2.29. The Bertz CT molecular complexity index is 473. The highest BCUT2D eigenvalue weighted by Gasteiger charge is 2.13. The number of rotatable bonds is 7. The zero-order valence-corrected chi connectivity index (χ0v) is 11.5. The first-order valence-corrected chi connectivity index (χ1v) is 7.50. The van der Waals surface area contributed by atoms with E-state index in [-0.39, 0.29) is 12.3 Å². The first kappa shape index (κ1) is 14.8. The maximum absolute atomic E-state index is 10.8. The van der Waals surface area contributed by atoms with Crippen molar-refractivity contribution in [3.8, 4) is 5.75 Å². The van der Waals surface area contributed by atoms with Crippen LogP contribution in [-0.4, -0.2) is 38.4 Å². The molecule has 0 fully saturated rings. The van der Waals surface area contributed by atoms with E-state index in [2.05, 4.69) is 0 Å². The van der Waals surface area contributed by atoms with Crippen molar-refractivity contribution >= 4 is 15.8 Å². The maximum Gasteiger partial charge on any atom is 0.266 e. The molecule has 0 saturated heterocycles. The minimum absolute atomic E-state index is 0.236. The normalized spacial score (nSPS) is 11.3. The van der Waals surface area contributed by atoms with E-state index in [0.29, 0.717) is 13.2 Å². The van der Waals surface area contributed by atoms with Crippen LogP contribution in [-0.2, 0) is 10.1 Å². The summed E-state index contributed by atoms with van der Waals surface area (Å²) in [5.41, 5.74) is 0.838. The average Bonchev–Trinajstić information content (AvgIpc) is 2.31. The average molecular weight is 273 g/mol. The molecular formula is C12H19NO4S. The zero-order valence-electron chi connectivity index (χ0n) is 10.7. The third-order valence-corrected chi connectivity index (χ3v) is 3.21. The fourth-order valence-corrected chi connectivity index (χ4v) is 2.12. The molecule has 6 heteroatoms. The van der Waals surface area contributed by atoms with Crippen LogP contribution in [0, 0.1) is 0 Å². The number of hydrogen-bond donors (Lipinski definition) is 1. The van der Waals surface area contributed by atoms with Crippen LogP contribution in [0.4, 0.5) is 5.69 Å². The molecule has 0 bridgehead atoms. The quantitative estimate of drug-likeness (QED) is 0.767. The van der Waals surface area contributed by atoms with Gasteiger partial charge in [-0.1, -0.05) is 12.1 Å². The van der Waals surface area contributed by atoms with E-state index in [1.807, 2.05) is 43.0 Å². The van der Waals surface area contributed by atoms with Gasteiger partial charge in [0.15, 0.2) is 0 Å². The van der Waals surface area contributed by atoms with Gasteiger partial charge in [-0.05, 0) is 26.0 Å². The second-order valence-electron chi connectivity index (χ2n) is 3.77. The number of anilines is 1. The molecule has 0 aliphatic carbocycles. The van der Waals surface area contributed by atoms with Gasteiger partial charge in [-0.2, -0.15) is 8.42 Å². The Balaban J connectivity index is 2.87. The van der Waals surface area contributed by atoms with E-state index >= 15 is 0 Å². The lowest BCUT2D eigenvalue weighted by atomic mass is 10.2. The Morgan fingerprint density at radius 3 is 2.50 bits per heavy atom. The Labute approximate surface area is 108 Å². The summed E-state index contributed by atoms with van der Waals surface area (Å²) in [6, 6.07) is 7.45. The van der Waals surface area contributed by atoms with E-state index in [1.165, 1.54) is 0 Å². The predicted molar refractivity (Wildman–Crippen MR) is 71.9 cm³/mol. The number of hydrogen-bond acceptors (Lipinski definition) is 4.